The third-order valence-electron chi connectivity index (χ3n) is 3.70. The van der Waals surface area contributed by atoms with Crippen LogP contribution in [-0.2, 0) is 21.4 Å². The topological polar surface area (TPSA) is 90.3 Å². The summed E-state index contributed by atoms with van der Waals surface area (Å²) in [4.78, 5) is 12.1. The lowest BCUT2D eigenvalue weighted by molar-refractivity contribution is -0.121. The molecule has 0 radical (unpaired) electrons. The van der Waals surface area contributed by atoms with Crippen LogP contribution in [0.1, 0.15) is 18.1 Å². The van der Waals surface area contributed by atoms with Crippen molar-refractivity contribution in [2.75, 3.05) is 13.1 Å². The lowest BCUT2D eigenvalue weighted by atomic mass is 10.2. The van der Waals surface area contributed by atoms with Crippen LogP contribution in [0.25, 0.3) is 0 Å². The highest BCUT2D eigenvalue weighted by Gasteiger charge is 2.25. The molecule has 0 unspecified atom stereocenters. The van der Waals surface area contributed by atoms with E-state index in [9.17, 15) is 17.6 Å². The molecule has 136 valence electrons. The van der Waals surface area contributed by atoms with Crippen molar-refractivity contribution in [2.24, 2.45) is 0 Å². The van der Waals surface area contributed by atoms with Gasteiger partial charge in [-0.1, -0.05) is 19.1 Å². The van der Waals surface area contributed by atoms with E-state index < -0.39 is 15.9 Å². The van der Waals surface area contributed by atoms with Gasteiger partial charge in [-0.15, -0.1) is 0 Å². The molecule has 0 fully saturated rings. The summed E-state index contributed by atoms with van der Waals surface area (Å²) in [5.41, 5.74) is 1.06. The first-order valence-electron chi connectivity index (χ1n) is 7.88. The van der Waals surface area contributed by atoms with Gasteiger partial charge in [0.05, 0.1) is 23.1 Å². The number of sulfonamides is 1. The van der Waals surface area contributed by atoms with E-state index in [1.807, 2.05) is 6.07 Å². The SMILES string of the molecule is CCN(CC(=O)NCc1ccc(F)cc1)S(=O)(=O)c1ccc(C#N)cc1. The van der Waals surface area contributed by atoms with Gasteiger partial charge < -0.3 is 5.32 Å². The summed E-state index contributed by atoms with van der Waals surface area (Å²) in [5.74, 6) is -0.834. The van der Waals surface area contributed by atoms with Crippen LogP contribution in [0.4, 0.5) is 4.39 Å². The number of amides is 1. The Kier molecular flexibility index (Phi) is 6.44. The van der Waals surface area contributed by atoms with Gasteiger partial charge in [0.25, 0.3) is 0 Å². The summed E-state index contributed by atoms with van der Waals surface area (Å²) >= 11 is 0. The number of benzene rings is 2. The van der Waals surface area contributed by atoms with E-state index >= 15 is 0 Å². The molecule has 0 saturated carbocycles. The maximum absolute atomic E-state index is 12.9. The van der Waals surface area contributed by atoms with Gasteiger partial charge in [-0.3, -0.25) is 4.79 Å². The molecule has 2 rings (SSSR count). The van der Waals surface area contributed by atoms with E-state index in [4.69, 9.17) is 5.26 Å². The van der Waals surface area contributed by atoms with Crippen molar-refractivity contribution >= 4 is 15.9 Å². The van der Waals surface area contributed by atoms with Gasteiger partial charge in [-0.25, -0.2) is 12.8 Å². The number of halogens is 1. The van der Waals surface area contributed by atoms with E-state index in [1.54, 1.807) is 19.1 Å². The third kappa shape index (κ3) is 4.88. The number of likely N-dealkylation sites (N-methyl/N-ethyl adjacent to an activating group) is 1. The standard InChI is InChI=1S/C18H18FN3O3S/c1-2-22(26(24,25)17-9-5-14(11-20)6-10-17)13-18(23)21-12-15-3-7-16(19)8-4-15/h3-10H,2,12-13H2,1H3,(H,21,23). The van der Waals surface area contributed by atoms with Crippen LogP contribution in [0.5, 0.6) is 0 Å². The highest BCUT2D eigenvalue weighted by Crippen LogP contribution is 2.16. The summed E-state index contributed by atoms with van der Waals surface area (Å²) in [7, 11) is -3.85. The zero-order valence-corrected chi connectivity index (χ0v) is 15.0. The zero-order valence-electron chi connectivity index (χ0n) is 14.1. The number of nitrogens with one attached hydrogen (secondary N) is 1. The Morgan fingerprint density at radius 1 is 1.15 bits per heavy atom. The van der Waals surface area contributed by atoms with Crippen molar-refractivity contribution in [3.05, 3.63) is 65.5 Å². The zero-order chi connectivity index (χ0) is 19.2. The lowest BCUT2D eigenvalue weighted by Crippen LogP contribution is -2.40. The minimum atomic E-state index is -3.85. The summed E-state index contributed by atoms with van der Waals surface area (Å²) in [6.07, 6.45) is 0. The van der Waals surface area contributed by atoms with Crippen molar-refractivity contribution < 1.29 is 17.6 Å². The Morgan fingerprint density at radius 2 is 1.77 bits per heavy atom. The quantitative estimate of drug-likeness (QED) is 0.802. The maximum atomic E-state index is 12.9. The Bertz CT molecular complexity index is 904. The fourth-order valence-corrected chi connectivity index (χ4v) is 3.64. The molecular formula is C18H18FN3O3S. The van der Waals surface area contributed by atoms with Gasteiger partial charge in [0, 0.05) is 13.1 Å². The average Bonchev–Trinajstić information content (AvgIpc) is 2.65. The molecule has 2 aromatic carbocycles. The number of rotatable bonds is 7. The Balaban J connectivity index is 2.03. The molecule has 0 spiro atoms. The minimum absolute atomic E-state index is 0.0182. The number of carbonyl (C=O) groups excluding carboxylic acids is 1. The first-order chi connectivity index (χ1) is 12.4. The molecule has 6 nitrogen and oxygen atoms in total. The normalized spacial score (nSPS) is 11.2. The second kappa shape index (κ2) is 8.56. The van der Waals surface area contributed by atoms with Crippen molar-refractivity contribution in [3.63, 3.8) is 0 Å². The number of hydrogen-bond acceptors (Lipinski definition) is 4. The van der Waals surface area contributed by atoms with Crippen LogP contribution in [0.2, 0.25) is 0 Å². The third-order valence-corrected chi connectivity index (χ3v) is 5.63. The van der Waals surface area contributed by atoms with E-state index in [1.165, 1.54) is 36.4 Å². The fourth-order valence-electron chi connectivity index (χ4n) is 2.24. The molecule has 1 amide bonds. The first kappa shape index (κ1) is 19.6. The van der Waals surface area contributed by atoms with Crippen LogP contribution in [0.15, 0.2) is 53.4 Å². The highest BCUT2D eigenvalue weighted by molar-refractivity contribution is 7.89. The smallest absolute Gasteiger partial charge is 0.243 e. The van der Waals surface area contributed by atoms with Crippen LogP contribution >= 0.6 is 0 Å². The van der Waals surface area contributed by atoms with Gasteiger partial charge in [0.15, 0.2) is 0 Å². The predicted octanol–water partition coefficient (Wildman–Crippen LogP) is 2.02. The summed E-state index contributed by atoms with van der Waals surface area (Å²) in [6, 6.07) is 13.1. The van der Waals surface area contributed by atoms with E-state index in [0.29, 0.717) is 11.1 Å². The van der Waals surface area contributed by atoms with E-state index in [0.717, 1.165) is 4.31 Å². The average molecular weight is 375 g/mol. The molecule has 2 aromatic rings. The minimum Gasteiger partial charge on any atom is -0.351 e. The fraction of sp³-hybridized carbons (Fsp3) is 0.222. The molecule has 0 heterocycles. The molecule has 0 atom stereocenters. The number of carbonyl (C=O) groups is 1. The lowest BCUT2D eigenvalue weighted by Gasteiger charge is -2.20. The maximum Gasteiger partial charge on any atom is 0.243 e. The van der Waals surface area contributed by atoms with Crippen LogP contribution in [-0.4, -0.2) is 31.7 Å². The van der Waals surface area contributed by atoms with Gasteiger partial charge in [-0.2, -0.15) is 9.57 Å². The monoisotopic (exact) mass is 375 g/mol. The molecule has 0 saturated heterocycles. The predicted molar refractivity (Wildman–Crippen MR) is 93.8 cm³/mol. The van der Waals surface area contributed by atoms with Crippen LogP contribution < -0.4 is 5.32 Å². The van der Waals surface area contributed by atoms with E-state index in [-0.39, 0.29) is 30.3 Å². The summed E-state index contributed by atoms with van der Waals surface area (Å²) < 4.78 is 39.2. The van der Waals surface area contributed by atoms with Gasteiger partial charge >= 0.3 is 0 Å². The van der Waals surface area contributed by atoms with Gasteiger partial charge in [0.2, 0.25) is 15.9 Å². The number of hydrogen-bond donors (Lipinski definition) is 1. The molecule has 8 heteroatoms. The van der Waals surface area contributed by atoms with Crippen molar-refractivity contribution in [3.8, 4) is 6.07 Å². The molecule has 0 aliphatic heterocycles. The van der Waals surface area contributed by atoms with Crippen molar-refractivity contribution in [2.45, 2.75) is 18.4 Å². The highest BCUT2D eigenvalue weighted by atomic mass is 32.2. The molecule has 0 aromatic heterocycles. The molecular weight excluding hydrogens is 357 g/mol. The molecule has 0 aliphatic carbocycles. The van der Waals surface area contributed by atoms with Crippen LogP contribution in [0, 0.1) is 17.1 Å². The first-order valence-corrected chi connectivity index (χ1v) is 9.32. The van der Waals surface area contributed by atoms with Crippen molar-refractivity contribution in [1.29, 1.82) is 5.26 Å². The number of nitriles is 1. The largest absolute Gasteiger partial charge is 0.351 e. The summed E-state index contributed by atoms with van der Waals surface area (Å²) in [5, 5.41) is 11.4. The van der Waals surface area contributed by atoms with E-state index in [2.05, 4.69) is 5.32 Å². The Hall–Kier alpha value is -2.76. The Morgan fingerprint density at radius 3 is 2.31 bits per heavy atom. The summed E-state index contributed by atoms with van der Waals surface area (Å²) in [6.45, 7) is 1.59. The molecule has 26 heavy (non-hydrogen) atoms. The second-order valence-corrected chi connectivity index (χ2v) is 7.41. The molecule has 0 aliphatic rings. The van der Waals surface area contributed by atoms with Crippen LogP contribution in [0.3, 0.4) is 0 Å². The second-order valence-electron chi connectivity index (χ2n) is 5.47. The van der Waals surface area contributed by atoms with Gasteiger partial charge in [0.1, 0.15) is 5.82 Å². The van der Waals surface area contributed by atoms with Crippen molar-refractivity contribution in [1.82, 2.24) is 9.62 Å². The van der Waals surface area contributed by atoms with Gasteiger partial charge in [-0.05, 0) is 42.0 Å². The number of nitrogens with zero attached hydrogens (tertiary/aromatic N) is 2. The molecule has 1 N–H and O–H groups in total. The Labute approximate surface area is 151 Å². The molecule has 0 bridgehead atoms.